The van der Waals surface area contributed by atoms with Crippen molar-refractivity contribution >= 4 is 11.8 Å². The van der Waals surface area contributed by atoms with Gasteiger partial charge in [0.25, 0.3) is 0 Å². The summed E-state index contributed by atoms with van der Waals surface area (Å²) in [6.45, 7) is 0. The van der Waals surface area contributed by atoms with Crippen molar-refractivity contribution in [2.45, 2.75) is 18.9 Å². The molecular formula is C10H11NO3. The van der Waals surface area contributed by atoms with E-state index < -0.39 is 6.16 Å². The topological polar surface area (TPSA) is 72.5 Å². The van der Waals surface area contributed by atoms with Gasteiger partial charge in [0.05, 0.1) is 0 Å². The van der Waals surface area contributed by atoms with Crippen molar-refractivity contribution in [1.82, 2.24) is 0 Å². The molecule has 1 unspecified atom stereocenters. The first kappa shape index (κ1) is 8.87. The minimum atomic E-state index is -1.23. The van der Waals surface area contributed by atoms with Crippen molar-refractivity contribution in [3.8, 4) is 0 Å². The van der Waals surface area contributed by atoms with Gasteiger partial charge in [-0.25, -0.2) is 4.79 Å². The van der Waals surface area contributed by atoms with Crippen LogP contribution in [0.2, 0.25) is 0 Å². The molecule has 0 aliphatic heterocycles. The van der Waals surface area contributed by atoms with Crippen LogP contribution >= 0.6 is 0 Å². The average Bonchev–Trinajstić information content (AvgIpc) is 2.49. The summed E-state index contributed by atoms with van der Waals surface area (Å²) >= 11 is 0. The molecule has 0 aromatic heterocycles. The molecule has 0 bridgehead atoms. The highest BCUT2D eigenvalue weighted by atomic mass is 16.7. The fraction of sp³-hybridized carbons (Fsp3) is 0.300. The third-order valence-electron chi connectivity index (χ3n) is 2.49. The number of carboxylic acid groups (broad SMARTS) is 1. The highest BCUT2D eigenvalue weighted by Crippen LogP contribution is 2.36. The summed E-state index contributed by atoms with van der Waals surface area (Å²) in [4.78, 5) is 10.4. The largest absolute Gasteiger partial charge is 0.506 e. The molecule has 0 saturated carbocycles. The number of fused-ring (bicyclic) bond motifs is 1. The third kappa shape index (κ3) is 1.39. The van der Waals surface area contributed by atoms with E-state index in [1.807, 2.05) is 18.2 Å². The van der Waals surface area contributed by atoms with Gasteiger partial charge in [0.1, 0.15) is 6.10 Å². The molecule has 1 aromatic rings. The van der Waals surface area contributed by atoms with E-state index in [0.29, 0.717) is 6.42 Å². The monoisotopic (exact) mass is 193 g/mol. The number of ether oxygens (including phenoxy) is 1. The lowest BCUT2D eigenvalue weighted by Gasteiger charge is -2.10. The summed E-state index contributed by atoms with van der Waals surface area (Å²) in [6.07, 6.45) is -0.0909. The summed E-state index contributed by atoms with van der Waals surface area (Å²) in [5.41, 5.74) is 8.42. The molecule has 3 N–H and O–H groups in total. The Morgan fingerprint density at radius 3 is 3.07 bits per heavy atom. The number of benzene rings is 1. The molecule has 0 amide bonds. The second kappa shape index (κ2) is 3.21. The molecule has 0 spiro atoms. The number of anilines is 1. The fourth-order valence-corrected chi connectivity index (χ4v) is 1.89. The highest BCUT2D eigenvalue weighted by Gasteiger charge is 2.26. The third-order valence-corrected chi connectivity index (χ3v) is 2.49. The highest BCUT2D eigenvalue weighted by molar-refractivity contribution is 5.59. The average molecular weight is 193 g/mol. The van der Waals surface area contributed by atoms with Crippen LogP contribution in [0.5, 0.6) is 0 Å². The molecule has 1 aliphatic rings. The van der Waals surface area contributed by atoms with Crippen LogP contribution in [0.4, 0.5) is 10.5 Å². The van der Waals surface area contributed by atoms with Gasteiger partial charge in [-0.15, -0.1) is 0 Å². The summed E-state index contributed by atoms with van der Waals surface area (Å²) in [5.74, 6) is 0. The van der Waals surface area contributed by atoms with Crippen molar-refractivity contribution in [2.75, 3.05) is 5.73 Å². The molecule has 74 valence electrons. The van der Waals surface area contributed by atoms with Gasteiger partial charge in [0, 0.05) is 5.69 Å². The molecule has 4 heteroatoms. The van der Waals surface area contributed by atoms with Crippen LogP contribution in [0.15, 0.2) is 18.2 Å². The van der Waals surface area contributed by atoms with E-state index in [1.165, 1.54) is 0 Å². The Labute approximate surface area is 81.3 Å². The Balaban J connectivity index is 2.30. The Bertz CT molecular complexity index is 376. The van der Waals surface area contributed by atoms with Crippen LogP contribution in [-0.4, -0.2) is 11.3 Å². The number of hydrogen-bond acceptors (Lipinski definition) is 3. The predicted octanol–water partition coefficient (Wildman–Crippen LogP) is 1.95. The minimum absolute atomic E-state index is 0.342. The molecule has 14 heavy (non-hydrogen) atoms. The molecule has 0 radical (unpaired) electrons. The maximum Gasteiger partial charge on any atom is 0.506 e. The van der Waals surface area contributed by atoms with Crippen molar-refractivity contribution in [2.24, 2.45) is 0 Å². The zero-order chi connectivity index (χ0) is 10.1. The van der Waals surface area contributed by atoms with E-state index in [2.05, 4.69) is 0 Å². The Hall–Kier alpha value is -1.71. The predicted molar refractivity (Wildman–Crippen MR) is 51.0 cm³/mol. The molecule has 2 rings (SSSR count). The lowest BCUT2D eigenvalue weighted by Crippen LogP contribution is -2.06. The molecule has 0 heterocycles. The normalized spacial score (nSPS) is 19.0. The first-order valence-electron chi connectivity index (χ1n) is 4.45. The Kier molecular flexibility index (Phi) is 2.04. The standard InChI is InChI=1S/C10H11NO3/c11-8-3-1-2-7-6(8)4-5-9(7)14-10(12)13/h1-3,9H,4-5,11H2,(H,12,13). The fourth-order valence-electron chi connectivity index (χ4n) is 1.89. The SMILES string of the molecule is Nc1cccc2c1CCC2OC(=O)O. The molecule has 1 atom stereocenters. The maximum absolute atomic E-state index is 10.4. The van der Waals surface area contributed by atoms with Crippen LogP contribution < -0.4 is 5.73 Å². The van der Waals surface area contributed by atoms with Crippen LogP contribution in [0.1, 0.15) is 23.7 Å². The number of rotatable bonds is 1. The molecule has 0 fully saturated rings. The number of hydrogen-bond donors (Lipinski definition) is 2. The summed E-state index contributed by atoms with van der Waals surface area (Å²) in [5, 5.41) is 8.52. The van der Waals surface area contributed by atoms with Crippen LogP contribution in [0.25, 0.3) is 0 Å². The first-order chi connectivity index (χ1) is 6.68. The van der Waals surface area contributed by atoms with Crippen molar-refractivity contribution in [3.05, 3.63) is 29.3 Å². The summed E-state index contributed by atoms with van der Waals surface area (Å²) in [6, 6.07) is 5.51. The van der Waals surface area contributed by atoms with E-state index in [4.69, 9.17) is 15.6 Å². The van der Waals surface area contributed by atoms with Crippen LogP contribution in [0.3, 0.4) is 0 Å². The number of nitrogens with two attached hydrogens (primary N) is 1. The van der Waals surface area contributed by atoms with Gasteiger partial charge in [-0.05, 0) is 30.0 Å². The Morgan fingerprint density at radius 1 is 1.57 bits per heavy atom. The smallest absolute Gasteiger partial charge is 0.450 e. The second-order valence-electron chi connectivity index (χ2n) is 3.33. The lowest BCUT2D eigenvalue weighted by molar-refractivity contribution is 0.0520. The molecule has 1 aliphatic carbocycles. The zero-order valence-corrected chi connectivity index (χ0v) is 7.56. The molecular weight excluding hydrogens is 182 g/mol. The maximum atomic E-state index is 10.4. The van der Waals surface area contributed by atoms with Gasteiger partial charge < -0.3 is 15.6 Å². The number of carbonyl (C=O) groups is 1. The van der Waals surface area contributed by atoms with Crippen molar-refractivity contribution in [1.29, 1.82) is 0 Å². The molecule has 1 aromatic carbocycles. The van der Waals surface area contributed by atoms with Gasteiger partial charge in [0.2, 0.25) is 0 Å². The van der Waals surface area contributed by atoms with Crippen molar-refractivity contribution < 1.29 is 14.6 Å². The van der Waals surface area contributed by atoms with Gasteiger partial charge in [0.15, 0.2) is 0 Å². The minimum Gasteiger partial charge on any atom is -0.450 e. The van der Waals surface area contributed by atoms with E-state index in [0.717, 1.165) is 23.2 Å². The van der Waals surface area contributed by atoms with E-state index >= 15 is 0 Å². The molecule has 4 nitrogen and oxygen atoms in total. The molecule has 0 saturated heterocycles. The van der Waals surface area contributed by atoms with Crippen molar-refractivity contribution in [3.63, 3.8) is 0 Å². The van der Waals surface area contributed by atoms with Gasteiger partial charge >= 0.3 is 6.16 Å². The van der Waals surface area contributed by atoms with E-state index in [9.17, 15) is 4.79 Å². The number of nitrogen functional groups attached to an aromatic ring is 1. The van der Waals surface area contributed by atoms with Gasteiger partial charge in [-0.3, -0.25) is 0 Å². The summed E-state index contributed by atoms with van der Waals surface area (Å²) < 4.78 is 4.75. The first-order valence-corrected chi connectivity index (χ1v) is 4.45. The van der Waals surface area contributed by atoms with E-state index in [1.54, 1.807) is 0 Å². The van der Waals surface area contributed by atoms with Gasteiger partial charge in [-0.1, -0.05) is 12.1 Å². The summed E-state index contributed by atoms with van der Waals surface area (Å²) in [7, 11) is 0. The lowest BCUT2D eigenvalue weighted by atomic mass is 10.1. The quantitative estimate of drug-likeness (QED) is 0.528. The van der Waals surface area contributed by atoms with Crippen LogP contribution in [-0.2, 0) is 11.2 Å². The zero-order valence-electron chi connectivity index (χ0n) is 7.56. The second-order valence-corrected chi connectivity index (χ2v) is 3.33. The van der Waals surface area contributed by atoms with Crippen LogP contribution in [0, 0.1) is 0 Å². The van der Waals surface area contributed by atoms with E-state index in [-0.39, 0.29) is 6.10 Å². The van der Waals surface area contributed by atoms with Gasteiger partial charge in [-0.2, -0.15) is 0 Å². The Morgan fingerprint density at radius 2 is 2.36 bits per heavy atom.